The number of fused-ring (bicyclic) bond motifs is 1. The highest BCUT2D eigenvalue weighted by Crippen LogP contribution is 2.39. The average molecular weight is 195 g/mol. The van der Waals surface area contributed by atoms with Crippen LogP contribution in [0.2, 0.25) is 0 Å². The number of aromatic nitrogens is 2. The molecule has 0 bridgehead atoms. The van der Waals surface area contributed by atoms with Gasteiger partial charge in [0.25, 0.3) is 0 Å². The maximum atomic E-state index is 5.88. The first-order chi connectivity index (χ1) is 6.36. The van der Waals surface area contributed by atoms with Crippen LogP contribution in [0.25, 0.3) is 0 Å². The van der Waals surface area contributed by atoms with Crippen molar-refractivity contribution in [2.45, 2.75) is 31.1 Å². The summed E-state index contributed by atoms with van der Waals surface area (Å²) in [5.41, 5.74) is 8.61. The first kappa shape index (κ1) is 7.74. The minimum atomic E-state index is 0.675. The number of nitrogens with zero attached hydrogens (tertiary/aromatic N) is 2. The Morgan fingerprint density at radius 2 is 2.31 bits per heavy atom. The molecule has 1 aliphatic carbocycles. The second-order valence-corrected chi connectivity index (χ2v) is 4.89. The van der Waals surface area contributed by atoms with E-state index in [0.29, 0.717) is 6.04 Å². The van der Waals surface area contributed by atoms with Gasteiger partial charge in [-0.2, -0.15) is 16.9 Å². The molecule has 0 amide bonds. The van der Waals surface area contributed by atoms with Crippen LogP contribution in [0.15, 0.2) is 0 Å². The van der Waals surface area contributed by atoms with E-state index in [-0.39, 0.29) is 0 Å². The number of rotatable bonds is 1. The Balaban J connectivity index is 2.09. The molecule has 4 heteroatoms. The van der Waals surface area contributed by atoms with E-state index in [9.17, 15) is 0 Å². The van der Waals surface area contributed by atoms with Crippen molar-refractivity contribution in [3.05, 3.63) is 11.3 Å². The molecule has 70 valence electrons. The molecule has 0 aromatic carbocycles. The SMILES string of the molecule is Nc1nn(C2CC2)c2c1CSCC2. The van der Waals surface area contributed by atoms with Gasteiger partial charge in [0.05, 0.1) is 6.04 Å². The van der Waals surface area contributed by atoms with Crippen molar-refractivity contribution in [3.8, 4) is 0 Å². The molecule has 1 fully saturated rings. The van der Waals surface area contributed by atoms with Crippen molar-refractivity contribution in [2.75, 3.05) is 11.5 Å². The number of nitrogens with two attached hydrogens (primary N) is 1. The second-order valence-electron chi connectivity index (χ2n) is 3.79. The van der Waals surface area contributed by atoms with Gasteiger partial charge in [-0.1, -0.05) is 0 Å². The fourth-order valence-corrected chi connectivity index (χ4v) is 2.91. The maximum Gasteiger partial charge on any atom is 0.149 e. The van der Waals surface area contributed by atoms with Crippen LogP contribution in [0.1, 0.15) is 30.1 Å². The maximum absolute atomic E-state index is 5.88. The van der Waals surface area contributed by atoms with E-state index >= 15 is 0 Å². The molecule has 1 saturated carbocycles. The topological polar surface area (TPSA) is 43.8 Å². The van der Waals surface area contributed by atoms with Crippen LogP contribution in [0.4, 0.5) is 5.82 Å². The fourth-order valence-electron chi connectivity index (χ4n) is 1.91. The van der Waals surface area contributed by atoms with Crippen molar-refractivity contribution < 1.29 is 0 Å². The molecular formula is C9H13N3S. The van der Waals surface area contributed by atoms with E-state index in [1.807, 2.05) is 11.8 Å². The Morgan fingerprint density at radius 3 is 3.08 bits per heavy atom. The van der Waals surface area contributed by atoms with Crippen molar-refractivity contribution in [3.63, 3.8) is 0 Å². The molecule has 1 aliphatic heterocycles. The molecule has 3 rings (SSSR count). The zero-order valence-electron chi connectivity index (χ0n) is 7.49. The van der Waals surface area contributed by atoms with Crippen LogP contribution in [0, 0.1) is 0 Å². The standard InChI is InChI=1S/C9H13N3S/c10-9-7-5-13-4-3-8(7)12(11-9)6-1-2-6/h6H,1-5H2,(H2,10,11). The molecule has 2 aliphatic rings. The smallest absolute Gasteiger partial charge is 0.149 e. The fraction of sp³-hybridized carbons (Fsp3) is 0.667. The lowest BCUT2D eigenvalue weighted by molar-refractivity contribution is 0.610. The molecule has 1 aromatic rings. The third-order valence-electron chi connectivity index (χ3n) is 2.77. The Kier molecular flexibility index (Phi) is 1.59. The Hall–Kier alpha value is -0.640. The molecule has 3 nitrogen and oxygen atoms in total. The Morgan fingerprint density at radius 1 is 1.46 bits per heavy atom. The summed E-state index contributed by atoms with van der Waals surface area (Å²) >= 11 is 1.96. The summed E-state index contributed by atoms with van der Waals surface area (Å²) < 4.78 is 2.18. The van der Waals surface area contributed by atoms with Crippen LogP contribution >= 0.6 is 11.8 Å². The third kappa shape index (κ3) is 1.15. The molecular weight excluding hydrogens is 182 g/mol. The quantitative estimate of drug-likeness (QED) is 0.740. The van der Waals surface area contributed by atoms with Gasteiger partial charge in [0.15, 0.2) is 0 Å². The Labute approximate surface area is 81.7 Å². The third-order valence-corrected chi connectivity index (χ3v) is 3.76. The van der Waals surface area contributed by atoms with E-state index in [2.05, 4.69) is 9.78 Å². The molecule has 13 heavy (non-hydrogen) atoms. The summed E-state index contributed by atoms with van der Waals surface area (Å²) in [6.45, 7) is 0. The van der Waals surface area contributed by atoms with E-state index in [1.165, 1.54) is 29.9 Å². The molecule has 0 radical (unpaired) electrons. The predicted octanol–water partition coefficient (Wildman–Crippen LogP) is 1.59. The largest absolute Gasteiger partial charge is 0.382 e. The molecule has 2 N–H and O–H groups in total. The summed E-state index contributed by atoms with van der Waals surface area (Å²) in [6.07, 6.45) is 3.74. The number of nitrogen functional groups attached to an aromatic ring is 1. The molecule has 0 unspecified atom stereocenters. The first-order valence-electron chi connectivity index (χ1n) is 4.80. The Bertz CT molecular complexity index is 341. The lowest BCUT2D eigenvalue weighted by Crippen LogP contribution is -2.08. The summed E-state index contributed by atoms with van der Waals surface area (Å²) in [7, 11) is 0. The highest BCUT2D eigenvalue weighted by molar-refractivity contribution is 7.98. The van der Waals surface area contributed by atoms with E-state index in [4.69, 9.17) is 5.73 Å². The van der Waals surface area contributed by atoms with Crippen LogP contribution in [0.5, 0.6) is 0 Å². The average Bonchev–Trinajstić information content (AvgIpc) is 2.94. The summed E-state index contributed by atoms with van der Waals surface area (Å²) in [5.74, 6) is 3.06. The zero-order valence-corrected chi connectivity index (χ0v) is 8.31. The van der Waals surface area contributed by atoms with Gasteiger partial charge in [-0.05, 0) is 25.0 Å². The van der Waals surface area contributed by atoms with Crippen LogP contribution < -0.4 is 5.73 Å². The number of anilines is 1. The van der Waals surface area contributed by atoms with Gasteiger partial charge < -0.3 is 5.73 Å². The van der Waals surface area contributed by atoms with Gasteiger partial charge in [0, 0.05) is 17.0 Å². The minimum Gasteiger partial charge on any atom is -0.382 e. The summed E-state index contributed by atoms with van der Waals surface area (Å²) in [4.78, 5) is 0. The van der Waals surface area contributed by atoms with Crippen molar-refractivity contribution >= 4 is 17.6 Å². The normalized spacial score (nSPS) is 21.5. The van der Waals surface area contributed by atoms with Crippen LogP contribution in [-0.2, 0) is 12.2 Å². The van der Waals surface area contributed by atoms with E-state index < -0.39 is 0 Å². The van der Waals surface area contributed by atoms with E-state index in [0.717, 1.165) is 18.0 Å². The van der Waals surface area contributed by atoms with Gasteiger partial charge in [0.2, 0.25) is 0 Å². The molecule has 0 atom stereocenters. The van der Waals surface area contributed by atoms with Crippen LogP contribution in [-0.4, -0.2) is 15.5 Å². The first-order valence-corrected chi connectivity index (χ1v) is 5.95. The van der Waals surface area contributed by atoms with Gasteiger partial charge in [-0.15, -0.1) is 0 Å². The number of hydrogen-bond donors (Lipinski definition) is 1. The monoisotopic (exact) mass is 195 g/mol. The summed E-state index contributed by atoms with van der Waals surface area (Å²) in [6, 6.07) is 0.675. The predicted molar refractivity (Wildman–Crippen MR) is 54.8 cm³/mol. The van der Waals surface area contributed by atoms with Crippen molar-refractivity contribution in [1.29, 1.82) is 0 Å². The minimum absolute atomic E-state index is 0.675. The second kappa shape index (κ2) is 2.67. The molecule has 0 spiro atoms. The van der Waals surface area contributed by atoms with E-state index in [1.54, 1.807) is 0 Å². The van der Waals surface area contributed by atoms with Crippen molar-refractivity contribution in [2.24, 2.45) is 0 Å². The molecule has 2 heterocycles. The molecule has 1 aromatic heterocycles. The lowest BCUT2D eigenvalue weighted by atomic mass is 10.2. The van der Waals surface area contributed by atoms with Gasteiger partial charge in [-0.3, -0.25) is 4.68 Å². The van der Waals surface area contributed by atoms with Gasteiger partial charge in [-0.25, -0.2) is 0 Å². The lowest BCUT2D eigenvalue weighted by Gasteiger charge is -2.12. The zero-order chi connectivity index (χ0) is 8.84. The summed E-state index contributed by atoms with van der Waals surface area (Å²) in [5, 5.41) is 4.44. The number of thioether (sulfide) groups is 1. The number of hydrogen-bond acceptors (Lipinski definition) is 3. The highest BCUT2D eigenvalue weighted by atomic mass is 32.2. The van der Waals surface area contributed by atoms with Crippen molar-refractivity contribution in [1.82, 2.24) is 9.78 Å². The van der Waals surface area contributed by atoms with Crippen LogP contribution in [0.3, 0.4) is 0 Å². The molecule has 0 saturated heterocycles. The highest BCUT2D eigenvalue weighted by Gasteiger charge is 2.30. The van der Waals surface area contributed by atoms with Gasteiger partial charge >= 0.3 is 0 Å². The van der Waals surface area contributed by atoms with Gasteiger partial charge in [0.1, 0.15) is 5.82 Å².